The molecule has 0 aromatic heterocycles. The van der Waals surface area contributed by atoms with Crippen molar-refractivity contribution in [2.24, 2.45) is 0 Å². The van der Waals surface area contributed by atoms with Crippen molar-refractivity contribution >= 4 is 17.3 Å². The lowest BCUT2D eigenvalue weighted by Gasteiger charge is -2.10. The van der Waals surface area contributed by atoms with Crippen LogP contribution in [0.4, 0.5) is 11.4 Å². The zero-order chi connectivity index (χ0) is 18.9. The number of unbranched alkanes of at least 4 members (excludes halogenated alkanes) is 1. The number of aryl methyl sites for hydroxylation is 3. The number of nitriles is 1. The van der Waals surface area contributed by atoms with E-state index in [0.717, 1.165) is 36.1 Å². The maximum atomic E-state index is 12.3. The lowest BCUT2D eigenvalue weighted by molar-refractivity contribution is -0.112. The van der Waals surface area contributed by atoms with Gasteiger partial charge in [0, 0.05) is 17.6 Å². The molecule has 0 spiro atoms. The van der Waals surface area contributed by atoms with Crippen LogP contribution in [-0.2, 0) is 11.2 Å². The Balaban J connectivity index is 2.05. The van der Waals surface area contributed by atoms with Gasteiger partial charge in [0.2, 0.25) is 0 Å². The molecule has 0 saturated carbocycles. The molecule has 0 heterocycles. The summed E-state index contributed by atoms with van der Waals surface area (Å²) in [4.78, 5) is 12.3. The van der Waals surface area contributed by atoms with Crippen LogP contribution in [0.2, 0.25) is 0 Å². The third kappa shape index (κ3) is 5.22. The Morgan fingerprint density at radius 1 is 1.12 bits per heavy atom. The van der Waals surface area contributed by atoms with E-state index >= 15 is 0 Å². The molecule has 26 heavy (non-hydrogen) atoms. The van der Waals surface area contributed by atoms with E-state index in [1.807, 2.05) is 62.4 Å². The lowest BCUT2D eigenvalue weighted by Crippen LogP contribution is -2.14. The minimum absolute atomic E-state index is 0.0303. The number of benzene rings is 2. The Bertz CT molecular complexity index is 809. The van der Waals surface area contributed by atoms with E-state index in [9.17, 15) is 10.1 Å². The summed E-state index contributed by atoms with van der Waals surface area (Å²) in [5, 5.41) is 15.2. The normalized spacial score (nSPS) is 10.9. The van der Waals surface area contributed by atoms with Crippen molar-refractivity contribution in [2.75, 3.05) is 10.6 Å². The Hall–Kier alpha value is -3.06. The molecule has 0 saturated heterocycles. The van der Waals surface area contributed by atoms with Gasteiger partial charge in [0.15, 0.2) is 0 Å². The zero-order valence-corrected chi connectivity index (χ0v) is 15.6. The minimum atomic E-state index is -0.424. The van der Waals surface area contributed by atoms with Gasteiger partial charge in [-0.2, -0.15) is 5.26 Å². The molecule has 2 aromatic rings. The van der Waals surface area contributed by atoms with E-state index in [2.05, 4.69) is 17.6 Å². The Morgan fingerprint density at radius 3 is 2.35 bits per heavy atom. The summed E-state index contributed by atoms with van der Waals surface area (Å²) >= 11 is 0. The fourth-order valence-electron chi connectivity index (χ4n) is 2.67. The van der Waals surface area contributed by atoms with Crippen LogP contribution in [0.3, 0.4) is 0 Å². The molecule has 4 nitrogen and oxygen atoms in total. The summed E-state index contributed by atoms with van der Waals surface area (Å²) in [6.07, 6.45) is 4.80. The van der Waals surface area contributed by atoms with Crippen molar-refractivity contribution in [1.29, 1.82) is 5.26 Å². The number of amides is 1. The smallest absolute Gasteiger partial charge is 0.267 e. The first-order valence-electron chi connectivity index (χ1n) is 8.88. The quantitative estimate of drug-likeness (QED) is 0.541. The molecule has 0 aliphatic carbocycles. The number of nitrogens with one attached hydrogen (secondary N) is 2. The maximum Gasteiger partial charge on any atom is 0.267 e. The molecular formula is C22H25N3O. The molecule has 0 radical (unpaired) electrons. The average Bonchev–Trinajstić information content (AvgIpc) is 2.63. The van der Waals surface area contributed by atoms with E-state index in [0.29, 0.717) is 5.69 Å². The molecule has 0 bridgehead atoms. The molecule has 2 rings (SSSR count). The van der Waals surface area contributed by atoms with Crippen molar-refractivity contribution in [3.8, 4) is 6.07 Å². The minimum Gasteiger partial charge on any atom is -0.360 e. The van der Waals surface area contributed by atoms with E-state index in [1.54, 1.807) is 0 Å². The highest BCUT2D eigenvalue weighted by atomic mass is 16.1. The summed E-state index contributed by atoms with van der Waals surface area (Å²) in [5.41, 5.74) is 4.99. The van der Waals surface area contributed by atoms with E-state index in [4.69, 9.17) is 0 Å². The Morgan fingerprint density at radius 2 is 1.77 bits per heavy atom. The number of anilines is 2. The highest BCUT2D eigenvalue weighted by molar-refractivity contribution is 6.06. The number of carbonyl (C=O) groups excluding carboxylic acids is 1. The van der Waals surface area contributed by atoms with Crippen LogP contribution in [0, 0.1) is 25.2 Å². The second-order valence-corrected chi connectivity index (χ2v) is 6.34. The van der Waals surface area contributed by atoms with Gasteiger partial charge in [-0.3, -0.25) is 4.79 Å². The second-order valence-electron chi connectivity index (χ2n) is 6.34. The van der Waals surface area contributed by atoms with Gasteiger partial charge in [-0.25, -0.2) is 0 Å². The maximum absolute atomic E-state index is 12.3. The molecule has 0 aliphatic heterocycles. The van der Waals surface area contributed by atoms with Gasteiger partial charge in [-0.15, -0.1) is 0 Å². The number of rotatable bonds is 7. The summed E-state index contributed by atoms with van der Waals surface area (Å²) in [7, 11) is 0. The van der Waals surface area contributed by atoms with Crippen molar-refractivity contribution < 1.29 is 4.79 Å². The first-order chi connectivity index (χ1) is 12.5. The zero-order valence-electron chi connectivity index (χ0n) is 15.6. The first kappa shape index (κ1) is 19.3. The van der Waals surface area contributed by atoms with Crippen molar-refractivity contribution in [1.82, 2.24) is 0 Å². The second kappa shape index (κ2) is 9.43. The van der Waals surface area contributed by atoms with Crippen molar-refractivity contribution in [3.63, 3.8) is 0 Å². The first-order valence-corrected chi connectivity index (χ1v) is 8.88. The summed E-state index contributed by atoms with van der Waals surface area (Å²) in [6, 6.07) is 15.7. The molecule has 4 heteroatoms. The van der Waals surface area contributed by atoms with Crippen LogP contribution < -0.4 is 10.6 Å². The van der Waals surface area contributed by atoms with Crippen LogP contribution >= 0.6 is 0 Å². The summed E-state index contributed by atoms with van der Waals surface area (Å²) in [6.45, 7) is 6.13. The van der Waals surface area contributed by atoms with Crippen molar-refractivity contribution in [2.45, 2.75) is 40.0 Å². The third-order valence-electron chi connectivity index (χ3n) is 4.24. The van der Waals surface area contributed by atoms with Gasteiger partial charge < -0.3 is 10.6 Å². The molecule has 0 aliphatic rings. The van der Waals surface area contributed by atoms with Gasteiger partial charge in [0.25, 0.3) is 5.91 Å². The predicted molar refractivity (Wildman–Crippen MR) is 107 cm³/mol. The third-order valence-corrected chi connectivity index (χ3v) is 4.24. The van der Waals surface area contributed by atoms with Crippen LogP contribution in [0.25, 0.3) is 0 Å². The Kier molecular flexibility index (Phi) is 6.99. The van der Waals surface area contributed by atoms with Crippen LogP contribution in [0.5, 0.6) is 0 Å². The monoisotopic (exact) mass is 347 g/mol. The van der Waals surface area contributed by atoms with Gasteiger partial charge in [0.05, 0.1) is 0 Å². The van der Waals surface area contributed by atoms with Crippen LogP contribution in [0.15, 0.2) is 54.2 Å². The Labute approximate surface area is 155 Å². The van der Waals surface area contributed by atoms with Gasteiger partial charge in [-0.05, 0) is 55.5 Å². The number of hydrogen-bond acceptors (Lipinski definition) is 3. The summed E-state index contributed by atoms with van der Waals surface area (Å²) < 4.78 is 0. The molecule has 0 fully saturated rings. The lowest BCUT2D eigenvalue weighted by atomic mass is 10.1. The largest absolute Gasteiger partial charge is 0.360 e. The molecule has 134 valence electrons. The average molecular weight is 347 g/mol. The van der Waals surface area contributed by atoms with Gasteiger partial charge >= 0.3 is 0 Å². The molecule has 0 atom stereocenters. The fraction of sp³-hybridized carbons (Fsp3) is 0.273. The SMILES string of the molecule is CCCCc1ccc(NC(=O)/C(C#N)=C\Nc2c(C)cccc2C)cc1. The van der Waals surface area contributed by atoms with E-state index < -0.39 is 5.91 Å². The van der Waals surface area contributed by atoms with E-state index in [-0.39, 0.29) is 5.57 Å². The number of hydrogen-bond donors (Lipinski definition) is 2. The molecule has 2 N–H and O–H groups in total. The number of para-hydroxylation sites is 1. The number of carbonyl (C=O) groups is 1. The van der Waals surface area contributed by atoms with Crippen LogP contribution in [-0.4, -0.2) is 5.91 Å². The standard InChI is InChI=1S/C22H25N3O/c1-4-5-9-18-10-12-20(13-11-18)25-22(26)19(14-23)15-24-21-16(2)7-6-8-17(21)3/h6-8,10-13,15,24H,4-5,9H2,1-3H3,(H,25,26)/b19-15-. The molecule has 1 amide bonds. The van der Waals surface area contributed by atoms with Crippen molar-refractivity contribution in [3.05, 3.63) is 70.9 Å². The topological polar surface area (TPSA) is 64.9 Å². The van der Waals surface area contributed by atoms with Gasteiger partial charge in [0.1, 0.15) is 11.6 Å². The highest BCUT2D eigenvalue weighted by Gasteiger charge is 2.10. The molecule has 2 aromatic carbocycles. The van der Waals surface area contributed by atoms with Gasteiger partial charge in [-0.1, -0.05) is 43.7 Å². The molecular weight excluding hydrogens is 322 g/mol. The highest BCUT2D eigenvalue weighted by Crippen LogP contribution is 2.20. The fourth-order valence-corrected chi connectivity index (χ4v) is 2.67. The molecule has 0 unspecified atom stereocenters. The van der Waals surface area contributed by atoms with Crippen LogP contribution in [0.1, 0.15) is 36.5 Å². The predicted octanol–water partition coefficient (Wildman–Crippen LogP) is 5.10. The van der Waals surface area contributed by atoms with E-state index in [1.165, 1.54) is 11.8 Å². The summed E-state index contributed by atoms with van der Waals surface area (Å²) in [5.74, 6) is -0.424. The number of nitrogens with zero attached hydrogens (tertiary/aromatic N) is 1.